The van der Waals surface area contributed by atoms with Gasteiger partial charge in [-0.05, 0) is 55.4 Å². The van der Waals surface area contributed by atoms with Crippen LogP contribution in [0.2, 0.25) is 0 Å². The van der Waals surface area contributed by atoms with Crippen molar-refractivity contribution in [1.82, 2.24) is 14.4 Å². The van der Waals surface area contributed by atoms with Crippen LogP contribution in [0.5, 0.6) is 0 Å². The van der Waals surface area contributed by atoms with Crippen LogP contribution in [0.1, 0.15) is 68.8 Å². The van der Waals surface area contributed by atoms with Crippen LogP contribution in [0.4, 0.5) is 0 Å². The second kappa shape index (κ2) is 15.2. The Morgan fingerprint density at radius 1 is 0.868 bits per heavy atom. The molecule has 5 nitrogen and oxygen atoms in total. The molecule has 3 aromatic rings. The van der Waals surface area contributed by atoms with Crippen molar-refractivity contribution >= 4 is 11.8 Å². The smallest absolute Gasteiger partial charge is 0.242 e. The van der Waals surface area contributed by atoms with E-state index in [-0.39, 0.29) is 18.4 Å². The van der Waals surface area contributed by atoms with Gasteiger partial charge in [0.05, 0.1) is 13.1 Å². The molecule has 0 unspecified atom stereocenters. The fourth-order valence-corrected chi connectivity index (χ4v) is 4.61. The Balaban J connectivity index is 1.70. The van der Waals surface area contributed by atoms with Gasteiger partial charge in [-0.1, -0.05) is 87.4 Å². The fraction of sp³-hybridized carbons (Fsp3) is 0.455. The highest BCUT2D eigenvalue weighted by atomic mass is 16.2. The zero-order chi connectivity index (χ0) is 27.3. The molecule has 38 heavy (non-hydrogen) atoms. The van der Waals surface area contributed by atoms with Gasteiger partial charge in [-0.3, -0.25) is 9.59 Å². The maximum Gasteiger partial charge on any atom is 0.242 e. The zero-order valence-electron chi connectivity index (χ0n) is 23.7. The number of hydrogen-bond donors (Lipinski definition) is 0. The molecule has 0 aliphatic rings. The van der Waals surface area contributed by atoms with E-state index in [4.69, 9.17) is 0 Å². The monoisotopic (exact) mass is 515 g/mol. The molecule has 0 saturated heterocycles. The van der Waals surface area contributed by atoms with E-state index in [0.717, 1.165) is 37.1 Å². The first-order chi connectivity index (χ1) is 18.4. The van der Waals surface area contributed by atoms with Gasteiger partial charge < -0.3 is 14.4 Å². The lowest BCUT2D eigenvalue weighted by Gasteiger charge is -2.29. The summed E-state index contributed by atoms with van der Waals surface area (Å²) in [7, 11) is 0. The van der Waals surface area contributed by atoms with Crippen molar-refractivity contribution in [3.05, 3.63) is 95.3 Å². The van der Waals surface area contributed by atoms with E-state index in [2.05, 4.69) is 87.0 Å². The molecule has 1 heterocycles. The van der Waals surface area contributed by atoms with Gasteiger partial charge in [0.25, 0.3) is 0 Å². The number of carbonyl (C=O) groups is 2. The molecule has 0 N–H and O–H groups in total. The van der Waals surface area contributed by atoms with Crippen molar-refractivity contribution < 1.29 is 9.59 Å². The Kier molecular flexibility index (Phi) is 11.7. The number of unbranched alkanes of at least 4 members (excludes halogenated alkanes) is 1. The van der Waals surface area contributed by atoms with Gasteiger partial charge in [-0.15, -0.1) is 0 Å². The molecular weight excluding hydrogens is 470 g/mol. The van der Waals surface area contributed by atoms with E-state index in [1.165, 1.54) is 11.1 Å². The van der Waals surface area contributed by atoms with Crippen LogP contribution >= 0.6 is 0 Å². The summed E-state index contributed by atoms with van der Waals surface area (Å²) >= 11 is 0. The second-order valence-corrected chi connectivity index (χ2v) is 10.8. The van der Waals surface area contributed by atoms with Gasteiger partial charge in [0.2, 0.25) is 11.8 Å². The quantitative estimate of drug-likeness (QED) is 0.232. The van der Waals surface area contributed by atoms with Crippen molar-refractivity contribution in [2.45, 2.75) is 72.9 Å². The third-order valence-electron chi connectivity index (χ3n) is 6.97. The average molecular weight is 516 g/mol. The Hall–Kier alpha value is -3.34. The van der Waals surface area contributed by atoms with Gasteiger partial charge in [0, 0.05) is 37.9 Å². The van der Waals surface area contributed by atoms with Crippen LogP contribution < -0.4 is 0 Å². The van der Waals surface area contributed by atoms with Crippen LogP contribution in [0.15, 0.2) is 72.9 Å². The molecule has 0 bridgehead atoms. The van der Waals surface area contributed by atoms with E-state index in [1.807, 2.05) is 23.1 Å². The Bertz CT molecular complexity index is 1140. The molecule has 0 radical (unpaired) electrons. The first kappa shape index (κ1) is 29.2. The van der Waals surface area contributed by atoms with Crippen LogP contribution in [0.3, 0.4) is 0 Å². The molecule has 0 saturated carbocycles. The minimum atomic E-state index is 0.0265. The minimum absolute atomic E-state index is 0.0265. The van der Waals surface area contributed by atoms with Crippen molar-refractivity contribution in [2.24, 2.45) is 5.92 Å². The van der Waals surface area contributed by atoms with E-state index in [0.29, 0.717) is 38.4 Å². The van der Waals surface area contributed by atoms with E-state index < -0.39 is 0 Å². The standard InChI is InChI=1S/C33H45N3O2/c1-5-6-20-35(25-31-16-11-21-34(31)24-30-15-10-12-28(4)23-30)33(38)26-36(22-19-27(2)3)32(37)18-17-29-13-8-7-9-14-29/h7-16,21,23,27H,5-6,17-20,22,24-26H2,1-4H3. The summed E-state index contributed by atoms with van der Waals surface area (Å²) in [6, 6.07) is 22.8. The minimum Gasteiger partial charge on any atom is -0.345 e. The summed E-state index contributed by atoms with van der Waals surface area (Å²) in [4.78, 5) is 30.6. The molecule has 0 spiro atoms. The SMILES string of the molecule is CCCCN(Cc1cccn1Cc1cccc(C)c1)C(=O)CN(CCC(C)C)C(=O)CCc1ccccc1. The van der Waals surface area contributed by atoms with Crippen LogP contribution in [0.25, 0.3) is 0 Å². The summed E-state index contributed by atoms with van der Waals surface area (Å²) < 4.78 is 2.22. The molecule has 3 rings (SSSR count). The highest BCUT2D eigenvalue weighted by Gasteiger charge is 2.22. The lowest BCUT2D eigenvalue weighted by atomic mass is 10.1. The number of nitrogens with zero attached hydrogens (tertiary/aromatic N) is 3. The highest BCUT2D eigenvalue weighted by Crippen LogP contribution is 2.14. The maximum atomic E-state index is 13.6. The third kappa shape index (κ3) is 9.51. The molecule has 2 amide bonds. The predicted octanol–water partition coefficient (Wildman–Crippen LogP) is 6.48. The molecule has 0 aliphatic carbocycles. The fourth-order valence-electron chi connectivity index (χ4n) is 4.61. The van der Waals surface area contributed by atoms with Gasteiger partial charge in [0.1, 0.15) is 0 Å². The van der Waals surface area contributed by atoms with Gasteiger partial charge >= 0.3 is 0 Å². The number of hydrogen-bond acceptors (Lipinski definition) is 2. The first-order valence-corrected chi connectivity index (χ1v) is 14.1. The Labute approximate surface area is 229 Å². The summed E-state index contributed by atoms with van der Waals surface area (Å²) in [5.74, 6) is 0.551. The largest absolute Gasteiger partial charge is 0.345 e. The Morgan fingerprint density at radius 2 is 1.63 bits per heavy atom. The van der Waals surface area contributed by atoms with Crippen LogP contribution in [-0.2, 0) is 29.1 Å². The van der Waals surface area contributed by atoms with Gasteiger partial charge in [-0.2, -0.15) is 0 Å². The summed E-state index contributed by atoms with van der Waals surface area (Å²) in [5, 5.41) is 0. The topological polar surface area (TPSA) is 45.6 Å². The van der Waals surface area contributed by atoms with Crippen LogP contribution in [-0.4, -0.2) is 45.8 Å². The maximum absolute atomic E-state index is 13.6. The van der Waals surface area contributed by atoms with Crippen molar-refractivity contribution in [1.29, 1.82) is 0 Å². The number of aryl methyl sites for hydroxylation is 2. The summed E-state index contributed by atoms with van der Waals surface area (Å²) in [5.41, 5.74) is 4.75. The molecule has 5 heteroatoms. The number of aromatic nitrogens is 1. The first-order valence-electron chi connectivity index (χ1n) is 14.1. The molecule has 0 atom stereocenters. The zero-order valence-corrected chi connectivity index (χ0v) is 23.7. The molecule has 0 aliphatic heterocycles. The highest BCUT2D eigenvalue weighted by molar-refractivity contribution is 5.85. The average Bonchev–Trinajstić information content (AvgIpc) is 3.34. The summed E-state index contributed by atoms with van der Waals surface area (Å²) in [6.45, 7) is 11.3. The van der Waals surface area contributed by atoms with E-state index in [9.17, 15) is 9.59 Å². The van der Waals surface area contributed by atoms with Crippen molar-refractivity contribution in [2.75, 3.05) is 19.6 Å². The number of amides is 2. The lowest BCUT2D eigenvalue weighted by Crippen LogP contribution is -2.44. The molecule has 204 valence electrons. The lowest BCUT2D eigenvalue weighted by molar-refractivity contribution is -0.141. The van der Waals surface area contributed by atoms with E-state index >= 15 is 0 Å². The molecule has 0 fully saturated rings. The van der Waals surface area contributed by atoms with Crippen LogP contribution in [0, 0.1) is 12.8 Å². The third-order valence-corrected chi connectivity index (χ3v) is 6.97. The normalized spacial score (nSPS) is 11.1. The van der Waals surface area contributed by atoms with Crippen molar-refractivity contribution in [3.8, 4) is 0 Å². The van der Waals surface area contributed by atoms with E-state index in [1.54, 1.807) is 4.90 Å². The molecule has 2 aromatic carbocycles. The predicted molar refractivity (Wildman–Crippen MR) is 156 cm³/mol. The van der Waals surface area contributed by atoms with Crippen molar-refractivity contribution in [3.63, 3.8) is 0 Å². The second-order valence-electron chi connectivity index (χ2n) is 10.8. The van der Waals surface area contributed by atoms with Gasteiger partial charge in [0.15, 0.2) is 0 Å². The van der Waals surface area contributed by atoms with Gasteiger partial charge in [-0.25, -0.2) is 0 Å². The molecule has 1 aromatic heterocycles. The molecular formula is C33H45N3O2. The number of rotatable bonds is 15. The number of carbonyl (C=O) groups excluding carboxylic acids is 2. The Morgan fingerprint density at radius 3 is 2.34 bits per heavy atom. The summed E-state index contributed by atoms with van der Waals surface area (Å²) in [6.07, 6.45) is 6.04. The number of benzene rings is 2.